The summed E-state index contributed by atoms with van der Waals surface area (Å²) in [6, 6.07) is 12.2. The maximum Gasteiger partial charge on any atom is 0.290 e. The van der Waals surface area contributed by atoms with Crippen molar-refractivity contribution in [1.29, 1.82) is 0 Å². The van der Waals surface area contributed by atoms with Crippen LogP contribution in [0.15, 0.2) is 47.1 Å². The maximum atomic E-state index is 13.2. The van der Waals surface area contributed by atoms with Gasteiger partial charge in [0.2, 0.25) is 0 Å². The Hall–Kier alpha value is -3.22. The van der Waals surface area contributed by atoms with Crippen LogP contribution < -0.4 is 0 Å². The van der Waals surface area contributed by atoms with E-state index in [1.165, 1.54) is 5.56 Å². The average Bonchev–Trinajstić information content (AvgIpc) is 3.52. The highest BCUT2D eigenvalue weighted by atomic mass is 16.3. The molecule has 29 heavy (non-hydrogen) atoms. The minimum Gasteiger partial charge on any atom is -0.459 e. The summed E-state index contributed by atoms with van der Waals surface area (Å²) in [7, 11) is 0. The Morgan fingerprint density at radius 3 is 2.86 bits per heavy atom. The van der Waals surface area contributed by atoms with Gasteiger partial charge in [0.25, 0.3) is 5.91 Å². The molecule has 1 fully saturated rings. The van der Waals surface area contributed by atoms with Crippen molar-refractivity contribution in [2.45, 2.75) is 51.6 Å². The van der Waals surface area contributed by atoms with E-state index < -0.39 is 0 Å². The first-order valence-electron chi connectivity index (χ1n) is 10.2. The first-order chi connectivity index (χ1) is 14.2. The number of fused-ring (bicyclic) bond motifs is 3. The highest BCUT2D eigenvalue weighted by molar-refractivity contribution is 5.92. The van der Waals surface area contributed by atoms with Gasteiger partial charge in [0, 0.05) is 17.0 Å². The van der Waals surface area contributed by atoms with Gasteiger partial charge in [0.15, 0.2) is 11.4 Å². The summed E-state index contributed by atoms with van der Waals surface area (Å²) in [6.07, 6.45) is 6.83. The Morgan fingerprint density at radius 1 is 1.24 bits per heavy atom. The predicted molar refractivity (Wildman–Crippen MR) is 109 cm³/mol. The average molecular weight is 389 g/mol. The third-order valence-electron chi connectivity index (χ3n) is 5.91. The van der Waals surface area contributed by atoms with E-state index in [-0.39, 0.29) is 11.9 Å². The molecule has 0 unspecified atom stereocenters. The van der Waals surface area contributed by atoms with Crippen LogP contribution in [0.4, 0.5) is 0 Å². The molecule has 148 valence electrons. The van der Waals surface area contributed by atoms with Crippen LogP contribution in [0.5, 0.6) is 0 Å². The fourth-order valence-corrected chi connectivity index (χ4v) is 4.36. The molecular weight excluding hydrogens is 366 g/mol. The molecule has 1 aliphatic rings. The van der Waals surface area contributed by atoms with Crippen LogP contribution in [0, 0.1) is 0 Å². The van der Waals surface area contributed by atoms with Crippen LogP contribution in [0.25, 0.3) is 16.6 Å². The van der Waals surface area contributed by atoms with E-state index in [0.717, 1.165) is 48.6 Å². The predicted octanol–water partition coefficient (Wildman–Crippen LogP) is 4.02. The highest BCUT2D eigenvalue weighted by Gasteiger charge is 2.30. The van der Waals surface area contributed by atoms with E-state index in [9.17, 15) is 4.79 Å². The first kappa shape index (κ1) is 17.8. The van der Waals surface area contributed by atoms with Crippen LogP contribution in [0.2, 0.25) is 0 Å². The SMILES string of the molecule is CCc1ccc2c(c1)cc(CN(C(=O)c1ccco1)C1CCCC1)c1nnnn12. The molecule has 0 spiro atoms. The van der Waals surface area contributed by atoms with E-state index in [2.05, 4.69) is 46.7 Å². The molecular formula is C22H23N5O2. The number of rotatable bonds is 5. The molecule has 1 aromatic carbocycles. The van der Waals surface area contributed by atoms with Gasteiger partial charge in [0.1, 0.15) is 0 Å². The van der Waals surface area contributed by atoms with Gasteiger partial charge < -0.3 is 9.32 Å². The molecule has 0 radical (unpaired) electrons. The molecule has 0 saturated heterocycles. The molecule has 7 heteroatoms. The minimum atomic E-state index is -0.0741. The number of nitrogens with zero attached hydrogens (tertiary/aromatic N) is 5. The maximum absolute atomic E-state index is 13.2. The van der Waals surface area contributed by atoms with Gasteiger partial charge in [-0.3, -0.25) is 4.79 Å². The summed E-state index contributed by atoms with van der Waals surface area (Å²) >= 11 is 0. The van der Waals surface area contributed by atoms with Crippen molar-refractivity contribution in [2.75, 3.05) is 0 Å². The van der Waals surface area contributed by atoms with Gasteiger partial charge in [-0.05, 0) is 65.6 Å². The number of hydrogen-bond donors (Lipinski definition) is 0. The molecule has 1 aliphatic carbocycles. The zero-order chi connectivity index (χ0) is 19.8. The second-order valence-electron chi connectivity index (χ2n) is 7.68. The number of carbonyl (C=O) groups excluding carboxylic acids is 1. The lowest BCUT2D eigenvalue weighted by atomic mass is 10.1. The van der Waals surface area contributed by atoms with E-state index in [1.54, 1.807) is 22.9 Å². The van der Waals surface area contributed by atoms with Crippen molar-refractivity contribution >= 4 is 22.5 Å². The quantitative estimate of drug-likeness (QED) is 0.515. The van der Waals surface area contributed by atoms with Gasteiger partial charge in [0.05, 0.1) is 18.3 Å². The fraction of sp³-hybridized carbons (Fsp3) is 0.364. The molecule has 3 aromatic heterocycles. The van der Waals surface area contributed by atoms with E-state index >= 15 is 0 Å². The van der Waals surface area contributed by atoms with Crippen molar-refractivity contribution in [3.8, 4) is 0 Å². The normalized spacial score (nSPS) is 14.8. The van der Waals surface area contributed by atoms with Crippen LogP contribution in [0.3, 0.4) is 0 Å². The van der Waals surface area contributed by atoms with Crippen molar-refractivity contribution in [3.63, 3.8) is 0 Å². The summed E-state index contributed by atoms with van der Waals surface area (Å²) in [5.41, 5.74) is 3.87. The lowest BCUT2D eigenvalue weighted by molar-refractivity contribution is 0.0632. The van der Waals surface area contributed by atoms with Crippen molar-refractivity contribution in [2.24, 2.45) is 0 Å². The first-order valence-corrected chi connectivity index (χ1v) is 10.2. The number of aryl methyl sites for hydroxylation is 1. The number of hydrogen-bond acceptors (Lipinski definition) is 5. The molecule has 0 bridgehead atoms. The molecule has 4 aromatic rings. The van der Waals surface area contributed by atoms with Crippen molar-refractivity contribution in [1.82, 2.24) is 24.9 Å². The molecule has 5 rings (SSSR count). The monoisotopic (exact) mass is 389 g/mol. The smallest absolute Gasteiger partial charge is 0.290 e. The van der Waals surface area contributed by atoms with Crippen molar-refractivity contribution in [3.05, 3.63) is 59.5 Å². The van der Waals surface area contributed by atoms with Gasteiger partial charge in [-0.2, -0.15) is 4.52 Å². The Morgan fingerprint density at radius 2 is 2.10 bits per heavy atom. The van der Waals surface area contributed by atoms with Gasteiger partial charge >= 0.3 is 0 Å². The number of tetrazole rings is 1. The Labute approximate surface area is 168 Å². The van der Waals surface area contributed by atoms with Crippen LogP contribution in [0.1, 0.15) is 54.3 Å². The standard InChI is InChI=1S/C22H23N5O2/c1-2-15-9-10-19-16(12-15)13-17(21-23-24-25-27(19)21)14-26(18-6-3-4-7-18)22(28)20-8-5-11-29-20/h5,8-13,18H,2-4,6-7,14H2,1H3. The minimum absolute atomic E-state index is 0.0741. The van der Waals surface area contributed by atoms with Crippen LogP contribution in [-0.4, -0.2) is 36.9 Å². The third-order valence-corrected chi connectivity index (χ3v) is 5.91. The molecule has 0 N–H and O–H groups in total. The van der Waals surface area contributed by atoms with Crippen LogP contribution in [-0.2, 0) is 13.0 Å². The molecule has 0 aliphatic heterocycles. The summed E-state index contributed by atoms with van der Waals surface area (Å²) in [5, 5.41) is 13.4. The molecule has 3 heterocycles. The van der Waals surface area contributed by atoms with E-state index in [0.29, 0.717) is 18.0 Å². The number of furan rings is 1. The van der Waals surface area contributed by atoms with E-state index in [4.69, 9.17) is 4.42 Å². The number of carbonyl (C=O) groups is 1. The van der Waals surface area contributed by atoms with Gasteiger partial charge in [-0.1, -0.05) is 25.8 Å². The Bertz CT molecular complexity index is 1160. The second-order valence-corrected chi connectivity index (χ2v) is 7.68. The second kappa shape index (κ2) is 7.31. The summed E-state index contributed by atoms with van der Waals surface area (Å²) < 4.78 is 7.18. The third kappa shape index (κ3) is 3.16. The zero-order valence-electron chi connectivity index (χ0n) is 16.4. The topological polar surface area (TPSA) is 76.5 Å². The van der Waals surface area contributed by atoms with Gasteiger partial charge in [-0.15, -0.1) is 5.10 Å². The number of aromatic nitrogens is 4. The molecule has 0 atom stereocenters. The summed E-state index contributed by atoms with van der Waals surface area (Å²) in [5.74, 6) is 0.302. The zero-order valence-corrected chi connectivity index (χ0v) is 16.4. The molecule has 1 saturated carbocycles. The molecule has 1 amide bonds. The Kier molecular flexibility index (Phi) is 4.50. The number of benzene rings is 1. The fourth-order valence-electron chi connectivity index (χ4n) is 4.36. The van der Waals surface area contributed by atoms with Gasteiger partial charge in [-0.25, -0.2) is 0 Å². The number of amides is 1. The summed E-state index contributed by atoms with van der Waals surface area (Å²) in [4.78, 5) is 15.1. The lowest BCUT2D eigenvalue weighted by Gasteiger charge is -2.28. The Balaban J connectivity index is 1.60. The molecule has 7 nitrogen and oxygen atoms in total. The largest absolute Gasteiger partial charge is 0.459 e. The lowest BCUT2D eigenvalue weighted by Crippen LogP contribution is -2.38. The highest BCUT2D eigenvalue weighted by Crippen LogP contribution is 2.29. The number of pyridine rings is 1. The van der Waals surface area contributed by atoms with E-state index in [1.807, 2.05) is 4.90 Å². The van der Waals surface area contributed by atoms with Crippen LogP contribution >= 0.6 is 0 Å². The summed E-state index contributed by atoms with van der Waals surface area (Å²) in [6.45, 7) is 2.60. The van der Waals surface area contributed by atoms with Crippen molar-refractivity contribution < 1.29 is 9.21 Å².